The first-order chi connectivity index (χ1) is 22.7. The van der Waals surface area contributed by atoms with Crippen LogP contribution in [0.4, 0.5) is 0 Å². The second kappa shape index (κ2) is 11.6. The molecule has 0 bridgehead atoms. The van der Waals surface area contributed by atoms with Gasteiger partial charge in [0.1, 0.15) is 5.82 Å². The Morgan fingerprint density at radius 2 is 1.19 bits per heavy atom. The molecule has 4 nitrogen and oxygen atoms in total. The third-order valence-corrected chi connectivity index (χ3v) is 8.99. The molecule has 0 aliphatic carbocycles. The molecule has 2 aromatic heterocycles. The predicted molar refractivity (Wildman–Crippen MR) is 186 cm³/mol. The topological polar surface area (TPSA) is 55.0 Å². The van der Waals surface area contributed by atoms with Gasteiger partial charge in [-0.1, -0.05) is 97.1 Å². The minimum atomic E-state index is 0. The first-order valence-electron chi connectivity index (χ1n) is 15.4. The van der Waals surface area contributed by atoms with Gasteiger partial charge in [-0.3, -0.25) is 4.57 Å². The largest absolute Gasteiger partial charge is 1.00 e. The molecular weight excluding hydrogens is 569 g/mol. The van der Waals surface area contributed by atoms with Gasteiger partial charge in [0, 0.05) is 22.7 Å². The van der Waals surface area contributed by atoms with Crippen LogP contribution < -0.4 is 29.0 Å². The van der Waals surface area contributed by atoms with E-state index in [2.05, 4.69) is 113 Å². The van der Waals surface area contributed by atoms with Gasteiger partial charge in [0.25, 0.3) is 0 Å². The molecule has 47 heavy (non-hydrogen) atoms. The molecular formula is C42H27LiN3O+. The minimum absolute atomic E-state index is 0. The van der Waals surface area contributed by atoms with Gasteiger partial charge in [-0.2, -0.15) is 0 Å². The van der Waals surface area contributed by atoms with E-state index in [1.807, 2.05) is 48.5 Å². The Labute approximate surface area is 283 Å². The van der Waals surface area contributed by atoms with Gasteiger partial charge in [0.2, 0.25) is 5.52 Å². The van der Waals surface area contributed by atoms with E-state index >= 15 is 0 Å². The predicted octanol–water partition coefficient (Wildman–Crippen LogP) is 6.38. The summed E-state index contributed by atoms with van der Waals surface area (Å²) in [7, 11) is 0. The van der Waals surface area contributed by atoms with Gasteiger partial charge in [0.15, 0.2) is 6.20 Å². The molecule has 1 N–H and O–H groups in total. The zero-order valence-corrected chi connectivity index (χ0v) is 25.8. The number of nitrogens with one attached hydrogen (secondary N) is 1. The van der Waals surface area contributed by atoms with Gasteiger partial charge in [0.05, 0.1) is 11.0 Å². The van der Waals surface area contributed by atoms with E-state index in [9.17, 15) is 5.11 Å². The van der Waals surface area contributed by atoms with E-state index in [1.54, 1.807) is 6.20 Å². The molecule has 0 atom stereocenters. The Morgan fingerprint density at radius 1 is 0.532 bits per heavy atom. The van der Waals surface area contributed by atoms with Crippen molar-refractivity contribution in [1.82, 2.24) is 9.55 Å². The van der Waals surface area contributed by atoms with Crippen LogP contribution in [0.25, 0.3) is 82.8 Å². The number of aromatic amines is 1. The first kappa shape index (κ1) is 28.8. The van der Waals surface area contributed by atoms with Crippen LogP contribution in [0.1, 0.15) is 0 Å². The average Bonchev–Trinajstić information content (AvgIpc) is 3.51. The van der Waals surface area contributed by atoms with Gasteiger partial charge in [-0.05, 0) is 98.1 Å². The number of nitrogens with zero attached hydrogens (tertiary/aromatic N) is 2. The smallest absolute Gasteiger partial charge is 0.868 e. The molecule has 216 valence electrons. The van der Waals surface area contributed by atoms with Crippen molar-refractivity contribution in [2.75, 3.05) is 0 Å². The molecule has 2 heterocycles. The summed E-state index contributed by atoms with van der Waals surface area (Å²) in [5.41, 5.74) is 8.77. The molecule has 0 saturated heterocycles. The fraction of sp³-hybridized carbons (Fsp3) is 0. The van der Waals surface area contributed by atoms with Crippen molar-refractivity contribution < 1.29 is 29.0 Å². The number of aromatic nitrogens is 3. The fourth-order valence-electron chi connectivity index (χ4n) is 6.78. The zero-order chi connectivity index (χ0) is 30.6. The SMILES string of the molecule is [Li+].[O-]c1c(-c2cccc3cc4c(-c5ccc(-c6nc7ccccc7n6-c6ccccc6)cc5)cccc4cc23)ccc2ccc[nH+]c12. The molecule has 0 fully saturated rings. The fourth-order valence-corrected chi connectivity index (χ4v) is 6.78. The molecule has 0 aliphatic rings. The van der Waals surface area contributed by atoms with E-state index in [4.69, 9.17) is 4.98 Å². The third-order valence-electron chi connectivity index (χ3n) is 8.99. The summed E-state index contributed by atoms with van der Waals surface area (Å²) in [5, 5.41) is 18.9. The van der Waals surface area contributed by atoms with Gasteiger partial charge >= 0.3 is 18.9 Å². The molecule has 9 rings (SSSR count). The van der Waals surface area contributed by atoms with Crippen LogP contribution in [0.3, 0.4) is 0 Å². The molecule has 0 aliphatic heterocycles. The Hall–Kier alpha value is -5.66. The van der Waals surface area contributed by atoms with Crippen LogP contribution in [-0.2, 0) is 0 Å². The Balaban J connectivity index is 0.00000324. The van der Waals surface area contributed by atoms with Gasteiger partial charge in [-0.25, -0.2) is 9.97 Å². The number of para-hydroxylation sites is 3. The number of fused-ring (bicyclic) bond motifs is 4. The van der Waals surface area contributed by atoms with E-state index < -0.39 is 0 Å². The maximum absolute atomic E-state index is 13.5. The van der Waals surface area contributed by atoms with E-state index in [0.29, 0.717) is 11.1 Å². The van der Waals surface area contributed by atoms with Crippen molar-refractivity contribution in [1.29, 1.82) is 0 Å². The number of rotatable bonds is 4. The number of H-pyrrole nitrogens is 1. The van der Waals surface area contributed by atoms with Crippen molar-refractivity contribution >= 4 is 43.5 Å². The molecule has 0 amide bonds. The Bertz CT molecular complexity index is 2590. The Kier molecular flexibility index (Phi) is 7.11. The number of hydrogen-bond acceptors (Lipinski definition) is 2. The van der Waals surface area contributed by atoms with Crippen molar-refractivity contribution in [3.05, 3.63) is 158 Å². The molecule has 0 radical (unpaired) electrons. The summed E-state index contributed by atoms with van der Waals surface area (Å²) in [6, 6.07) is 52.3. The standard InChI is InChI=1S/C42H27N3O.Li/c46-41-35(23-22-28-11-8-24-43-40(28)41)34-15-7-10-31-25-36-30(26-37(31)34)9-6-14-33(36)27-18-20-29(21-19-27)42-44-38-16-4-5-17-39(38)45(42)32-12-2-1-3-13-32;/h1-26,46H;/q;+1. The molecule has 7 aromatic carbocycles. The first-order valence-corrected chi connectivity index (χ1v) is 15.4. The molecule has 9 aromatic rings. The quantitative estimate of drug-likeness (QED) is 0.175. The molecule has 0 saturated carbocycles. The molecule has 0 unspecified atom stereocenters. The van der Waals surface area contributed by atoms with Crippen molar-refractivity contribution in [3.63, 3.8) is 0 Å². The van der Waals surface area contributed by atoms with E-state index in [-0.39, 0.29) is 24.6 Å². The van der Waals surface area contributed by atoms with Gasteiger partial charge < -0.3 is 5.11 Å². The van der Waals surface area contributed by atoms with Crippen LogP contribution in [-0.4, -0.2) is 9.55 Å². The van der Waals surface area contributed by atoms with Crippen molar-refractivity contribution in [3.8, 4) is 45.1 Å². The van der Waals surface area contributed by atoms with Crippen molar-refractivity contribution in [2.24, 2.45) is 0 Å². The summed E-state index contributed by atoms with van der Waals surface area (Å²) in [4.78, 5) is 8.19. The van der Waals surface area contributed by atoms with E-state index in [0.717, 1.165) is 66.3 Å². The second-order valence-corrected chi connectivity index (χ2v) is 11.7. The monoisotopic (exact) mass is 596 g/mol. The second-order valence-electron chi connectivity index (χ2n) is 11.7. The summed E-state index contributed by atoms with van der Waals surface area (Å²) in [5.74, 6) is 0.930. The number of benzene rings is 7. The normalized spacial score (nSPS) is 11.3. The average molecular weight is 597 g/mol. The van der Waals surface area contributed by atoms with Crippen LogP contribution in [0, 0.1) is 0 Å². The minimum Gasteiger partial charge on any atom is -0.868 e. The van der Waals surface area contributed by atoms with Crippen LogP contribution >= 0.6 is 0 Å². The summed E-state index contributed by atoms with van der Waals surface area (Å²) < 4.78 is 2.23. The number of hydrogen-bond donors (Lipinski definition) is 0. The third kappa shape index (κ3) is 4.78. The van der Waals surface area contributed by atoms with E-state index in [1.165, 1.54) is 5.39 Å². The van der Waals surface area contributed by atoms with Gasteiger partial charge in [-0.15, -0.1) is 0 Å². The summed E-state index contributed by atoms with van der Waals surface area (Å²) >= 11 is 0. The van der Waals surface area contributed by atoms with Crippen LogP contribution in [0.15, 0.2) is 158 Å². The summed E-state index contributed by atoms with van der Waals surface area (Å²) in [6.07, 6.45) is 1.80. The Morgan fingerprint density at radius 3 is 1.98 bits per heavy atom. The number of pyridine rings is 1. The van der Waals surface area contributed by atoms with Crippen molar-refractivity contribution in [2.45, 2.75) is 0 Å². The zero-order valence-electron chi connectivity index (χ0n) is 25.8. The molecule has 5 heteroatoms. The van der Waals surface area contributed by atoms with Crippen LogP contribution in [0.5, 0.6) is 5.75 Å². The maximum atomic E-state index is 13.5. The number of imidazole rings is 1. The van der Waals surface area contributed by atoms with Crippen LogP contribution in [0.2, 0.25) is 0 Å². The molecule has 0 spiro atoms. The maximum Gasteiger partial charge on any atom is 1.00 e. The summed E-state index contributed by atoms with van der Waals surface area (Å²) in [6.45, 7) is 0.